The molecule has 2 heteroatoms. The smallest absolute Gasteiger partial charge is 0.155 e. The molecule has 1 fully saturated rings. The number of nitrogens with one attached hydrogen (secondary N) is 1. The van der Waals surface area contributed by atoms with Gasteiger partial charge in [-0.2, -0.15) is 0 Å². The topological polar surface area (TPSA) is 29.1 Å². The minimum absolute atomic E-state index is 0.209. The summed E-state index contributed by atoms with van der Waals surface area (Å²) in [5.74, 6) is 0.209. The van der Waals surface area contributed by atoms with E-state index in [0.717, 1.165) is 44.2 Å². The van der Waals surface area contributed by atoms with Crippen molar-refractivity contribution in [2.24, 2.45) is 0 Å². The van der Waals surface area contributed by atoms with Crippen molar-refractivity contribution >= 4 is 5.78 Å². The average molecular weight is 333 g/mol. The first kappa shape index (κ1) is 17.5. The molecule has 0 radical (unpaired) electrons. The summed E-state index contributed by atoms with van der Waals surface area (Å²) in [6.45, 7) is 5.69. The van der Waals surface area contributed by atoms with Gasteiger partial charge in [-0.05, 0) is 55.7 Å². The first-order valence-electron chi connectivity index (χ1n) is 9.16. The lowest BCUT2D eigenvalue weighted by Gasteiger charge is -2.27. The fourth-order valence-electron chi connectivity index (χ4n) is 3.73. The van der Waals surface area contributed by atoms with Crippen LogP contribution in [0.3, 0.4) is 0 Å². The van der Waals surface area contributed by atoms with Crippen LogP contribution >= 0.6 is 0 Å². The summed E-state index contributed by atoms with van der Waals surface area (Å²) in [5.41, 5.74) is 4.50. The third-order valence-corrected chi connectivity index (χ3v) is 5.21. The van der Waals surface area contributed by atoms with Crippen LogP contribution in [0.5, 0.6) is 0 Å². The van der Waals surface area contributed by atoms with E-state index in [1.54, 1.807) is 6.92 Å². The predicted molar refractivity (Wildman–Crippen MR) is 104 cm³/mol. The van der Waals surface area contributed by atoms with E-state index in [4.69, 9.17) is 0 Å². The number of Topliss-reactive ketones (excluding diaryl/α,β-unsaturated/α-hetero) is 1. The maximum absolute atomic E-state index is 12.2. The first-order chi connectivity index (χ1) is 12.1. The van der Waals surface area contributed by atoms with Crippen LogP contribution in [0, 0.1) is 0 Å². The molecular weight excluding hydrogens is 306 g/mol. The lowest BCUT2D eigenvalue weighted by atomic mass is 9.85. The van der Waals surface area contributed by atoms with Crippen LogP contribution in [-0.4, -0.2) is 11.3 Å². The highest BCUT2D eigenvalue weighted by molar-refractivity contribution is 5.87. The summed E-state index contributed by atoms with van der Waals surface area (Å²) >= 11 is 0. The monoisotopic (exact) mass is 333 g/mol. The Kier molecular flexibility index (Phi) is 5.37. The van der Waals surface area contributed by atoms with E-state index in [1.165, 1.54) is 16.7 Å². The van der Waals surface area contributed by atoms with Crippen LogP contribution in [0.15, 0.2) is 66.9 Å². The van der Waals surface area contributed by atoms with E-state index in [1.807, 2.05) is 0 Å². The van der Waals surface area contributed by atoms with Gasteiger partial charge in [-0.25, -0.2) is 0 Å². The Morgan fingerprint density at radius 3 is 2.40 bits per heavy atom. The number of hydrogen-bond donors (Lipinski definition) is 1. The van der Waals surface area contributed by atoms with Gasteiger partial charge in [0.1, 0.15) is 0 Å². The van der Waals surface area contributed by atoms with E-state index in [-0.39, 0.29) is 5.78 Å². The highest BCUT2D eigenvalue weighted by Gasteiger charge is 2.39. The molecule has 0 saturated carbocycles. The number of allylic oxidation sites excluding steroid dienone is 1. The molecule has 2 nitrogen and oxygen atoms in total. The van der Waals surface area contributed by atoms with Crippen LogP contribution in [0.25, 0.3) is 0 Å². The largest absolute Gasteiger partial charge is 0.376 e. The zero-order valence-electron chi connectivity index (χ0n) is 15.1. The molecule has 2 aromatic rings. The van der Waals surface area contributed by atoms with Crippen molar-refractivity contribution < 1.29 is 4.79 Å². The second-order valence-corrected chi connectivity index (χ2v) is 7.20. The van der Waals surface area contributed by atoms with Crippen molar-refractivity contribution in [3.05, 3.63) is 83.6 Å². The zero-order chi connectivity index (χ0) is 17.7. The van der Waals surface area contributed by atoms with Gasteiger partial charge in [0.2, 0.25) is 0 Å². The van der Waals surface area contributed by atoms with Gasteiger partial charge in [0.05, 0.1) is 5.54 Å². The van der Waals surface area contributed by atoms with Crippen LogP contribution < -0.4 is 5.32 Å². The van der Waals surface area contributed by atoms with E-state index in [2.05, 4.69) is 66.5 Å². The van der Waals surface area contributed by atoms with Crippen LogP contribution in [-0.2, 0) is 24.1 Å². The van der Waals surface area contributed by atoms with Crippen LogP contribution in [0.1, 0.15) is 42.9 Å². The number of carbonyl (C=O) groups excluding carboxylic acids is 1. The molecular formula is C23H27NO. The lowest BCUT2D eigenvalue weighted by molar-refractivity contribution is -0.122. The molecule has 1 saturated heterocycles. The molecule has 0 spiro atoms. The average Bonchev–Trinajstić information content (AvgIpc) is 2.98. The molecule has 1 aliphatic rings. The maximum Gasteiger partial charge on any atom is 0.155 e. The van der Waals surface area contributed by atoms with Gasteiger partial charge in [0.25, 0.3) is 0 Å². The SMILES string of the molecule is C=C1CC[C@@](Cc2cccc(CCCc3ccccc3)c2)(C(C)=O)N1. The van der Waals surface area contributed by atoms with E-state index < -0.39 is 5.54 Å². The van der Waals surface area contributed by atoms with Crippen molar-refractivity contribution in [3.8, 4) is 0 Å². The molecule has 1 atom stereocenters. The summed E-state index contributed by atoms with van der Waals surface area (Å²) < 4.78 is 0. The summed E-state index contributed by atoms with van der Waals surface area (Å²) in [5, 5.41) is 3.36. The number of hydrogen-bond acceptors (Lipinski definition) is 2. The lowest BCUT2D eigenvalue weighted by Crippen LogP contribution is -2.47. The number of ketones is 1. The summed E-state index contributed by atoms with van der Waals surface area (Å²) in [7, 11) is 0. The molecule has 0 amide bonds. The third-order valence-electron chi connectivity index (χ3n) is 5.21. The Labute approximate surface area is 151 Å². The first-order valence-corrected chi connectivity index (χ1v) is 9.16. The normalized spacial score (nSPS) is 19.6. The molecule has 25 heavy (non-hydrogen) atoms. The fourth-order valence-corrected chi connectivity index (χ4v) is 3.73. The molecule has 2 aromatic carbocycles. The Bertz CT molecular complexity index is 750. The number of rotatable bonds is 7. The fraction of sp³-hybridized carbons (Fsp3) is 0.348. The second-order valence-electron chi connectivity index (χ2n) is 7.20. The van der Waals surface area contributed by atoms with Crippen molar-refractivity contribution in [3.63, 3.8) is 0 Å². The minimum Gasteiger partial charge on any atom is -0.376 e. The van der Waals surface area contributed by atoms with Gasteiger partial charge in [-0.3, -0.25) is 4.79 Å². The Morgan fingerprint density at radius 2 is 1.72 bits per heavy atom. The van der Waals surface area contributed by atoms with Gasteiger partial charge in [-0.15, -0.1) is 0 Å². The molecule has 3 rings (SSSR count). The molecule has 1 heterocycles. The summed E-state index contributed by atoms with van der Waals surface area (Å²) in [4.78, 5) is 12.2. The van der Waals surface area contributed by atoms with E-state index in [9.17, 15) is 4.79 Å². The molecule has 0 aromatic heterocycles. The summed E-state index contributed by atoms with van der Waals surface area (Å²) in [6.07, 6.45) is 5.78. The minimum atomic E-state index is -0.459. The third kappa shape index (κ3) is 4.39. The number of aryl methyl sites for hydroxylation is 2. The van der Waals surface area contributed by atoms with Gasteiger partial charge < -0.3 is 5.32 Å². The van der Waals surface area contributed by atoms with Crippen LogP contribution in [0.2, 0.25) is 0 Å². The molecule has 0 aliphatic carbocycles. The van der Waals surface area contributed by atoms with Crippen molar-refractivity contribution in [2.45, 2.75) is 51.0 Å². The van der Waals surface area contributed by atoms with Crippen molar-refractivity contribution in [2.75, 3.05) is 0 Å². The molecule has 0 bridgehead atoms. The zero-order valence-corrected chi connectivity index (χ0v) is 15.1. The van der Waals surface area contributed by atoms with Gasteiger partial charge in [-0.1, -0.05) is 61.2 Å². The Balaban J connectivity index is 1.63. The van der Waals surface area contributed by atoms with Gasteiger partial charge in [0, 0.05) is 12.1 Å². The quantitative estimate of drug-likeness (QED) is 0.800. The standard InChI is InChI=1S/C23H27NO/c1-18-14-15-23(24-18,19(2)25)17-22-13-7-12-21(16-22)11-6-10-20-8-4-3-5-9-20/h3-5,7-9,12-13,16,24H,1,6,10-11,14-15,17H2,2H3/t23-/m1/s1. The summed E-state index contributed by atoms with van der Waals surface area (Å²) in [6, 6.07) is 19.3. The van der Waals surface area contributed by atoms with Crippen molar-refractivity contribution in [1.29, 1.82) is 0 Å². The maximum atomic E-state index is 12.2. The van der Waals surface area contributed by atoms with Gasteiger partial charge in [0.15, 0.2) is 5.78 Å². The second kappa shape index (κ2) is 7.69. The van der Waals surface area contributed by atoms with E-state index >= 15 is 0 Å². The Morgan fingerprint density at radius 1 is 1.04 bits per heavy atom. The molecule has 1 aliphatic heterocycles. The predicted octanol–water partition coefficient (Wildman–Crippen LogP) is 4.63. The number of benzene rings is 2. The van der Waals surface area contributed by atoms with Crippen LogP contribution in [0.4, 0.5) is 0 Å². The molecule has 0 unspecified atom stereocenters. The molecule has 130 valence electrons. The van der Waals surface area contributed by atoms with Crippen molar-refractivity contribution in [1.82, 2.24) is 5.32 Å². The number of carbonyl (C=O) groups is 1. The Hall–Kier alpha value is -2.35. The molecule has 1 N–H and O–H groups in total. The van der Waals surface area contributed by atoms with Gasteiger partial charge >= 0.3 is 0 Å². The highest BCUT2D eigenvalue weighted by Crippen LogP contribution is 2.30. The highest BCUT2D eigenvalue weighted by atomic mass is 16.1. The van der Waals surface area contributed by atoms with E-state index in [0.29, 0.717) is 0 Å².